The lowest BCUT2D eigenvalue weighted by atomic mass is 9.83. The van der Waals surface area contributed by atoms with Crippen molar-refractivity contribution < 1.29 is 14.4 Å². The average Bonchev–Trinajstić information content (AvgIpc) is 2.72. The van der Waals surface area contributed by atoms with Crippen molar-refractivity contribution >= 4 is 17.6 Å². The number of rotatable bonds is 7. The molecule has 3 atom stereocenters. The Kier molecular flexibility index (Phi) is 7.45. The van der Waals surface area contributed by atoms with Gasteiger partial charge in [0.25, 0.3) is 0 Å². The SMILES string of the molecule is CC(=O)CC(C)C(=O)N1CCC[C@@H]2CN(C(=O)CCCc3ccccc3)CC[C@@H]21. The van der Waals surface area contributed by atoms with Crippen molar-refractivity contribution in [1.29, 1.82) is 0 Å². The highest BCUT2D eigenvalue weighted by Crippen LogP contribution is 2.32. The average molecular weight is 399 g/mol. The number of likely N-dealkylation sites (tertiary alicyclic amines) is 2. The minimum Gasteiger partial charge on any atom is -0.342 e. The predicted molar refractivity (Wildman–Crippen MR) is 113 cm³/mol. The van der Waals surface area contributed by atoms with Gasteiger partial charge >= 0.3 is 0 Å². The second kappa shape index (κ2) is 10.0. The summed E-state index contributed by atoms with van der Waals surface area (Å²) in [5.74, 6) is 0.536. The maximum Gasteiger partial charge on any atom is 0.226 e. The molecule has 1 aromatic rings. The minimum absolute atomic E-state index is 0.0651. The number of carbonyl (C=O) groups excluding carboxylic acids is 3. The Morgan fingerprint density at radius 1 is 1.10 bits per heavy atom. The van der Waals surface area contributed by atoms with Crippen molar-refractivity contribution in [2.24, 2.45) is 11.8 Å². The normalized spacial score (nSPS) is 22.7. The monoisotopic (exact) mass is 398 g/mol. The van der Waals surface area contributed by atoms with E-state index in [1.54, 1.807) is 6.92 Å². The van der Waals surface area contributed by atoms with Crippen molar-refractivity contribution in [3.05, 3.63) is 35.9 Å². The fraction of sp³-hybridized carbons (Fsp3) is 0.625. The highest BCUT2D eigenvalue weighted by molar-refractivity contribution is 5.85. The number of hydrogen-bond donors (Lipinski definition) is 0. The molecule has 29 heavy (non-hydrogen) atoms. The number of piperidine rings is 2. The van der Waals surface area contributed by atoms with Crippen LogP contribution < -0.4 is 0 Å². The number of nitrogens with zero attached hydrogens (tertiary/aromatic N) is 2. The number of ketones is 1. The molecular formula is C24H34N2O3. The predicted octanol–water partition coefficient (Wildman–Crippen LogP) is 3.46. The molecule has 2 fully saturated rings. The molecule has 2 saturated heterocycles. The zero-order valence-corrected chi connectivity index (χ0v) is 17.8. The molecular weight excluding hydrogens is 364 g/mol. The van der Waals surface area contributed by atoms with Crippen molar-refractivity contribution in [1.82, 2.24) is 9.80 Å². The van der Waals surface area contributed by atoms with E-state index < -0.39 is 0 Å². The molecule has 1 unspecified atom stereocenters. The quantitative estimate of drug-likeness (QED) is 0.707. The smallest absolute Gasteiger partial charge is 0.226 e. The van der Waals surface area contributed by atoms with Crippen LogP contribution in [-0.2, 0) is 20.8 Å². The van der Waals surface area contributed by atoms with Crippen molar-refractivity contribution in [3.63, 3.8) is 0 Å². The molecule has 0 aromatic heterocycles. The number of benzene rings is 1. The number of hydrogen-bond acceptors (Lipinski definition) is 3. The molecule has 0 spiro atoms. The highest BCUT2D eigenvalue weighted by Gasteiger charge is 2.40. The Labute approximate surface area is 174 Å². The first-order valence-corrected chi connectivity index (χ1v) is 11.1. The molecule has 0 N–H and O–H groups in total. The van der Waals surface area contributed by atoms with E-state index in [1.807, 2.05) is 34.9 Å². The molecule has 0 aliphatic carbocycles. The second-order valence-electron chi connectivity index (χ2n) is 8.78. The van der Waals surface area contributed by atoms with E-state index >= 15 is 0 Å². The molecule has 5 nitrogen and oxygen atoms in total. The lowest BCUT2D eigenvalue weighted by Gasteiger charge is -2.48. The van der Waals surface area contributed by atoms with Crippen molar-refractivity contribution in [2.75, 3.05) is 19.6 Å². The summed E-state index contributed by atoms with van der Waals surface area (Å²) in [6.07, 6.45) is 5.62. The van der Waals surface area contributed by atoms with Gasteiger partial charge < -0.3 is 14.6 Å². The topological polar surface area (TPSA) is 57.7 Å². The van der Waals surface area contributed by atoms with E-state index in [4.69, 9.17) is 0 Å². The highest BCUT2D eigenvalue weighted by atomic mass is 16.2. The lowest BCUT2D eigenvalue weighted by Crippen LogP contribution is -2.57. The van der Waals surface area contributed by atoms with E-state index in [2.05, 4.69) is 12.1 Å². The van der Waals surface area contributed by atoms with Gasteiger partial charge in [-0.25, -0.2) is 0 Å². The number of fused-ring (bicyclic) bond motifs is 1. The van der Waals surface area contributed by atoms with Crippen molar-refractivity contribution in [3.8, 4) is 0 Å². The molecule has 0 radical (unpaired) electrons. The van der Waals surface area contributed by atoms with Gasteiger partial charge in [-0.05, 0) is 50.5 Å². The molecule has 0 saturated carbocycles. The van der Waals surface area contributed by atoms with Crippen LogP contribution in [0.4, 0.5) is 0 Å². The molecule has 2 amide bonds. The molecule has 3 rings (SSSR count). The van der Waals surface area contributed by atoms with E-state index in [0.29, 0.717) is 18.8 Å². The third-order valence-corrected chi connectivity index (χ3v) is 6.42. The summed E-state index contributed by atoms with van der Waals surface area (Å²) >= 11 is 0. The minimum atomic E-state index is -0.246. The standard InChI is InChI=1S/C24H34N2O3/c1-18(16-19(2)27)24(29)26-14-7-11-21-17-25(15-13-22(21)26)23(28)12-6-10-20-8-4-3-5-9-20/h3-5,8-9,18,21-22H,6-7,10-17H2,1-2H3/t18?,21-,22+/m1/s1. The fourth-order valence-corrected chi connectivity index (χ4v) is 4.95. The Morgan fingerprint density at radius 3 is 2.59 bits per heavy atom. The molecule has 0 bridgehead atoms. The van der Waals surface area contributed by atoms with E-state index in [1.165, 1.54) is 5.56 Å². The van der Waals surface area contributed by atoms with E-state index in [-0.39, 0.29) is 29.6 Å². The van der Waals surface area contributed by atoms with Gasteiger partial charge in [-0.3, -0.25) is 9.59 Å². The van der Waals surface area contributed by atoms with Gasteiger partial charge in [0, 0.05) is 44.4 Å². The van der Waals surface area contributed by atoms with Crippen molar-refractivity contribution in [2.45, 2.75) is 64.8 Å². The summed E-state index contributed by atoms with van der Waals surface area (Å²) in [4.78, 5) is 41.0. The largest absolute Gasteiger partial charge is 0.342 e. The molecule has 158 valence electrons. The molecule has 1 aromatic carbocycles. The first kappa shape index (κ1) is 21.5. The number of amides is 2. The molecule has 5 heteroatoms. The van der Waals surface area contributed by atoms with Crippen LogP contribution in [0, 0.1) is 11.8 Å². The van der Waals surface area contributed by atoms with E-state index in [9.17, 15) is 14.4 Å². The second-order valence-corrected chi connectivity index (χ2v) is 8.78. The van der Waals surface area contributed by atoms with Gasteiger partial charge in [0.15, 0.2) is 0 Å². The van der Waals surface area contributed by atoms with Gasteiger partial charge in [-0.15, -0.1) is 0 Å². The van der Waals surface area contributed by atoms with Crippen LogP contribution in [0.15, 0.2) is 30.3 Å². The maximum absolute atomic E-state index is 12.9. The summed E-state index contributed by atoms with van der Waals surface area (Å²) in [5, 5.41) is 0. The molecule has 2 heterocycles. The number of aryl methyl sites for hydroxylation is 1. The van der Waals surface area contributed by atoms with Gasteiger partial charge in [-0.2, -0.15) is 0 Å². The van der Waals surface area contributed by atoms with Gasteiger partial charge in [-0.1, -0.05) is 37.3 Å². The first-order valence-electron chi connectivity index (χ1n) is 11.1. The zero-order chi connectivity index (χ0) is 20.8. The third-order valence-electron chi connectivity index (χ3n) is 6.42. The summed E-state index contributed by atoms with van der Waals surface area (Å²) in [7, 11) is 0. The van der Waals surface area contributed by atoms with Gasteiger partial charge in [0.1, 0.15) is 5.78 Å². The number of Topliss-reactive ketones (excluding diaryl/α,β-unsaturated/α-hetero) is 1. The van der Waals surface area contributed by atoms with Crippen LogP contribution in [0.25, 0.3) is 0 Å². The van der Waals surface area contributed by atoms with Crippen LogP contribution in [-0.4, -0.2) is 53.1 Å². The Hall–Kier alpha value is -2.17. The summed E-state index contributed by atoms with van der Waals surface area (Å²) in [6, 6.07) is 10.5. The van der Waals surface area contributed by atoms with Gasteiger partial charge in [0.05, 0.1) is 0 Å². The zero-order valence-electron chi connectivity index (χ0n) is 17.8. The Morgan fingerprint density at radius 2 is 1.86 bits per heavy atom. The Bertz CT molecular complexity index is 718. The summed E-state index contributed by atoms with van der Waals surface area (Å²) in [6.45, 7) is 5.69. The fourth-order valence-electron chi connectivity index (χ4n) is 4.95. The van der Waals surface area contributed by atoms with Crippen LogP contribution in [0.3, 0.4) is 0 Å². The Balaban J connectivity index is 1.50. The van der Waals surface area contributed by atoms with Crippen LogP contribution >= 0.6 is 0 Å². The summed E-state index contributed by atoms with van der Waals surface area (Å²) in [5.41, 5.74) is 1.28. The van der Waals surface area contributed by atoms with Gasteiger partial charge in [0.2, 0.25) is 11.8 Å². The van der Waals surface area contributed by atoms with E-state index in [0.717, 1.165) is 51.7 Å². The van der Waals surface area contributed by atoms with Crippen LogP contribution in [0.2, 0.25) is 0 Å². The number of carbonyl (C=O) groups is 3. The summed E-state index contributed by atoms with van der Waals surface area (Å²) < 4.78 is 0. The van der Waals surface area contributed by atoms with Crippen LogP contribution in [0.1, 0.15) is 57.9 Å². The third kappa shape index (κ3) is 5.68. The maximum atomic E-state index is 12.9. The molecule has 2 aliphatic rings. The van der Waals surface area contributed by atoms with Crippen LogP contribution in [0.5, 0.6) is 0 Å². The molecule has 2 aliphatic heterocycles. The lowest BCUT2D eigenvalue weighted by molar-refractivity contribution is -0.146. The first-order chi connectivity index (χ1) is 14.0.